The van der Waals surface area contributed by atoms with Crippen LogP contribution in [0.1, 0.15) is 26.7 Å². The minimum Gasteiger partial charge on any atom is -0.469 e. The fourth-order valence-electron chi connectivity index (χ4n) is 2.13. The first-order valence-electron chi connectivity index (χ1n) is 6.53. The molecule has 2 unspecified atom stereocenters. The maximum Gasteiger partial charge on any atom is 0.310 e. The van der Waals surface area contributed by atoms with Crippen molar-refractivity contribution >= 4 is 23.6 Å². The van der Waals surface area contributed by atoms with Gasteiger partial charge in [0, 0.05) is 13.1 Å². The number of thioether (sulfide) groups is 1. The number of carbonyl (C=O) groups excluding carboxylic acids is 2. The van der Waals surface area contributed by atoms with Crippen LogP contribution >= 0.6 is 11.8 Å². The smallest absolute Gasteiger partial charge is 0.310 e. The number of nitrogens with zero attached hydrogens (tertiary/aromatic N) is 1. The van der Waals surface area contributed by atoms with E-state index in [1.807, 2.05) is 6.92 Å². The van der Waals surface area contributed by atoms with Crippen molar-refractivity contribution < 1.29 is 14.3 Å². The number of hydrogen-bond acceptors (Lipinski definition) is 4. The molecule has 0 aromatic heterocycles. The predicted octanol–water partition coefficient (Wildman–Crippen LogP) is 1.79. The molecule has 1 amide bonds. The quantitative estimate of drug-likeness (QED) is 0.547. The van der Waals surface area contributed by atoms with E-state index >= 15 is 0 Å². The van der Waals surface area contributed by atoms with Crippen LogP contribution in [-0.2, 0) is 14.3 Å². The second kappa shape index (κ2) is 7.67. The van der Waals surface area contributed by atoms with Crippen molar-refractivity contribution in [2.24, 2.45) is 11.8 Å². The van der Waals surface area contributed by atoms with Crippen LogP contribution in [0.15, 0.2) is 0 Å². The Morgan fingerprint density at radius 2 is 2.11 bits per heavy atom. The van der Waals surface area contributed by atoms with Gasteiger partial charge in [0.2, 0.25) is 5.91 Å². The van der Waals surface area contributed by atoms with Gasteiger partial charge in [0.05, 0.1) is 18.8 Å². The van der Waals surface area contributed by atoms with E-state index in [2.05, 4.69) is 6.92 Å². The van der Waals surface area contributed by atoms with Gasteiger partial charge in [-0.2, -0.15) is 11.8 Å². The van der Waals surface area contributed by atoms with Crippen molar-refractivity contribution in [3.8, 4) is 0 Å². The van der Waals surface area contributed by atoms with Gasteiger partial charge in [-0.25, -0.2) is 0 Å². The molecule has 0 aromatic rings. The van der Waals surface area contributed by atoms with Gasteiger partial charge in [0.25, 0.3) is 0 Å². The minimum atomic E-state index is -0.198. The van der Waals surface area contributed by atoms with Crippen molar-refractivity contribution in [2.45, 2.75) is 26.7 Å². The summed E-state index contributed by atoms with van der Waals surface area (Å²) in [5.74, 6) is 1.56. The van der Waals surface area contributed by atoms with E-state index in [9.17, 15) is 9.59 Å². The highest BCUT2D eigenvalue weighted by Gasteiger charge is 2.37. The molecule has 0 N–H and O–H groups in total. The number of hydrogen-bond donors (Lipinski definition) is 0. The summed E-state index contributed by atoms with van der Waals surface area (Å²) in [7, 11) is 1.40. The number of methoxy groups -OCH3 is 1. The van der Waals surface area contributed by atoms with Gasteiger partial charge in [-0.15, -0.1) is 0 Å². The van der Waals surface area contributed by atoms with Gasteiger partial charge in [0.15, 0.2) is 0 Å². The molecular formula is C13H23NO3S. The topological polar surface area (TPSA) is 46.6 Å². The van der Waals surface area contributed by atoms with E-state index in [1.165, 1.54) is 7.11 Å². The van der Waals surface area contributed by atoms with Gasteiger partial charge in [-0.3, -0.25) is 9.59 Å². The molecule has 1 fully saturated rings. The molecule has 0 aliphatic carbocycles. The van der Waals surface area contributed by atoms with E-state index in [1.54, 1.807) is 16.7 Å². The maximum atomic E-state index is 12.0. The molecule has 4 nitrogen and oxygen atoms in total. The molecule has 1 rings (SSSR count). The van der Waals surface area contributed by atoms with E-state index in [0.717, 1.165) is 18.6 Å². The van der Waals surface area contributed by atoms with Crippen LogP contribution in [0.4, 0.5) is 0 Å². The van der Waals surface area contributed by atoms with Crippen molar-refractivity contribution in [2.75, 3.05) is 31.7 Å². The second-order valence-electron chi connectivity index (χ2n) is 4.81. The molecule has 18 heavy (non-hydrogen) atoms. The van der Waals surface area contributed by atoms with E-state index in [-0.39, 0.29) is 23.7 Å². The maximum absolute atomic E-state index is 12.0. The van der Waals surface area contributed by atoms with Gasteiger partial charge < -0.3 is 9.64 Å². The fraction of sp³-hybridized carbons (Fsp3) is 0.846. The molecule has 5 heteroatoms. The molecule has 0 spiro atoms. The Hall–Kier alpha value is -0.710. The number of carbonyl (C=O) groups is 2. The summed E-state index contributed by atoms with van der Waals surface area (Å²) in [6, 6.07) is 0. The normalized spacial score (nSPS) is 23.2. The van der Waals surface area contributed by atoms with Crippen LogP contribution < -0.4 is 0 Å². The zero-order valence-corrected chi connectivity index (χ0v) is 12.3. The summed E-state index contributed by atoms with van der Waals surface area (Å²) < 4.78 is 4.76. The second-order valence-corrected chi connectivity index (χ2v) is 5.92. The van der Waals surface area contributed by atoms with Gasteiger partial charge in [-0.1, -0.05) is 20.3 Å². The van der Waals surface area contributed by atoms with E-state index in [4.69, 9.17) is 4.74 Å². The van der Waals surface area contributed by atoms with Crippen molar-refractivity contribution in [3.63, 3.8) is 0 Å². The molecule has 1 aliphatic rings. The standard InChI is InChI=1S/C13H23NO3S/c1-4-5-6-18-9-12(15)14-7-10(2)11(8-14)13(16)17-3/h10-11H,4-9H2,1-3H3. The zero-order chi connectivity index (χ0) is 13.5. The number of amides is 1. The first kappa shape index (κ1) is 15.3. The molecule has 1 aliphatic heterocycles. The average molecular weight is 273 g/mol. The Bertz CT molecular complexity index is 296. The summed E-state index contributed by atoms with van der Waals surface area (Å²) in [5, 5.41) is 0. The lowest BCUT2D eigenvalue weighted by atomic mass is 9.99. The van der Waals surface area contributed by atoms with Crippen molar-refractivity contribution in [1.29, 1.82) is 0 Å². The Morgan fingerprint density at radius 1 is 1.39 bits per heavy atom. The number of rotatable bonds is 6. The number of likely N-dealkylation sites (tertiary alicyclic amines) is 1. The van der Waals surface area contributed by atoms with Crippen LogP contribution in [0.5, 0.6) is 0 Å². The van der Waals surface area contributed by atoms with Crippen molar-refractivity contribution in [3.05, 3.63) is 0 Å². The Morgan fingerprint density at radius 3 is 2.72 bits per heavy atom. The third kappa shape index (κ3) is 4.19. The molecule has 1 saturated heterocycles. The van der Waals surface area contributed by atoms with Crippen LogP contribution in [0.25, 0.3) is 0 Å². The van der Waals surface area contributed by atoms with Gasteiger partial charge in [0.1, 0.15) is 0 Å². The van der Waals surface area contributed by atoms with Crippen LogP contribution in [0.3, 0.4) is 0 Å². The summed E-state index contributed by atoms with van der Waals surface area (Å²) in [6.07, 6.45) is 2.31. The number of ether oxygens (including phenoxy) is 1. The molecule has 0 saturated carbocycles. The fourth-order valence-corrected chi connectivity index (χ4v) is 3.12. The van der Waals surface area contributed by atoms with Gasteiger partial charge in [-0.05, 0) is 18.1 Å². The number of esters is 1. The molecular weight excluding hydrogens is 250 g/mol. The molecule has 1 heterocycles. The molecule has 0 aromatic carbocycles. The third-order valence-electron chi connectivity index (χ3n) is 3.34. The SMILES string of the molecule is CCCCSCC(=O)N1CC(C)C(C(=O)OC)C1. The number of unbranched alkanes of at least 4 members (excludes halogenated alkanes) is 1. The lowest BCUT2D eigenvalue weighted by molar-refractivity contribution is -0.146. The minimum absolute atomic E-state index is 0.148. The van der Waals surface area contributed by atoms with Crippen LogP contribution in [0.2, 0.25) is 0 Å². The first-order valence-corrected chi connectivity index (χ1v) is 7.69. The average Bonchev–Trinajstić information content (AvgIpc) is 2.75. The predicted molar refractivity (Wildman–Crippen MR) is 73.5 cm³/mol. The summed E-state index contributed by atoms with van der Waals surface area (Å²) in [4.78, 5) is 25.3. The lowest BCUT2D eigenvalue weighted by Crippen LogP contribution is -2.31. The lowest BCUT2D eigenvalue weighted by Gasteiger charge is -2.15. The highest BCUT2D eigenvalue weighted by Crippen LogP contribution is 2.24. The first-order chi connectivity index (χ1) is 8.60. The summed E-state index contributed by atoms with van der Waals surface area (Å²) in [6.45, 7) is 5.33. The molecule has 0 bridgehead atoms. The summed E-state index contributed by atoms with van der Waals surface area (Å²) in [5.41, 5.74) is 0. The largest absolute Gasteiger partial charge is 0.469 e. The monoisotopic (exact) mass is 273 g/mol. The third-order valence-corrected chi connectivity index (χ3v) is 4.37. The highest BCUT2D eigenvalue weighted by atomic mass is 32.2. The molecule has 2 atom stereocenters. The molecule has 104 valence electrons. The van der Waals surface area contributed by atoms with Crippen molar-refractivity contribution in [1.82, 2.24) is 4.90 Å². The molecule has 0 radical (unpaired) electrons. The Labute approximate surface area is 113 Å². The van der Waals surface area contributed by atoms with Crippen LogP contribution in [-0.4, -0.2) is 48.5 Å². The van der Waals surface area contributed by atoms with E-state index in [0.29, 0.717) is 18.8 Å². The van der Waals surface area contributed by atoms with E-state index < -0.39 is 0 Å². The Balaban J connectivity index is 2.35. The summed E-state index contributed by atoms with van der Waals surface area (Å²) >= 11 is 1.68. The zero-order valence-electron chi connectivity index (χ0n) is 11.5. The van der Waals surface area contributed by atoms with Gasteiger partial charge >= 0.3 is 5.97 Å². The van der Waals surface area contributed by atoms with Crippen LogP contribution in [0, 0.1) is 11.8 Å². The highest BCUT2D eigenvalue weighted by molar-refractivity contribution is 7.99. The Kier molecular flexibility index (Phi) is 6.54.